The van der Waals surface area contributed by atoms with Crippen LogP contribution in [0.15, 0.2) is 146 Å². The van der Waals surface area contributed by atoms with Gasteiger partial charge in [-0.2, -0.15) is 0 Å². The highest BCUT2D eigenvalue weighted by atomic mass is 31.2. The second kappa shape index (κ2) is 52.7. The molecule has 0 amide bonds. The minimum atomic E-state index is -4.81. The lowest BCUT2D eigenvalue weighted by molar-refractivity contribution is -0.160. The summed E-state index contributed by atoms with van der Waals surface area (Å²) in [5.41, 5.74) is 0. The average molecular weight is 1020 g/mol. The molecule has 0 saturated carbocycles. The quantitative estimate of drug-likeness (QED) is 0.0197. The number of aliphatic hydroxyl groups is 1. The van der Waals surface area contributed by atoms with Crippen LogP contribution in [0.5, 0.6) is 0 Å². The lowest BCUT2D eigenvalue weighted by atomic mass is 10.1. The first-order valence-electron chi connectivity index (χ1n) is 26.7. The van der Waals surface area contributed by atoms with Crippen molar-refractivity contribution < 1.29 is 52.2 Å². The molecule has 12 heteroatoms. The van der Waals surface area contributed by atoms with Crippen LogP contribution in [-0.2, 0) is 42.2 Å². The van der Waals surface area contributed by atoms with Gasteiger partial charge in [0.05, 0.1) is 32.7 Å². The molecule has 0 aromatic heterocycles. The van der Waals surface area contributed by atoms with Gasteiger partial charge < -0.3 is 24.2 Å². The van der Waals surface area contributed by atoms with Crippen molar-refractivity contribution in [2.24, 2.45) is 0 Å². The number of carbonyl (C=O) groups is 3. The zero-order valence-corrected chi connectivity index (χ0v) is 45.2. The van der Waals surface area contributed by atoms with Gasteiger partial charge in [-0.05, 0) is 103 Å². The number of phosphoric acid groups is 1. The number of unbranched alkanes of at least 4 members (excludes halogenated alkanes) is 8. The summed E-state index contributed by atoms with van der Waals surface area (Å²) in [7, 11) is -4.81. The Morgan fingerprint density at radius 3 is 1.18 bits per heavy atom. The highest BCUT2D eigenvalue weighted by Crippen LogP contribution is 2.43. The fraction of sp³-hybridized carbons (Fsp3) is 0.550. The summed E-state index contributed by atoms with van der Waals surface area (Å²) in [6.07, 6.45) is 67.3. The SMILES string of the molecule is CC/C=C\C/C=C\C/C=C\C/C=C\C/C=C\CC(=O)OC(CO)COP(=O)(O)OCC(COC(=O)CCCCCCC/C=C\C/C=C\CCCCC)OC(=O)C/C=C\C/C=C\C/C=C\C/C=C\C/C=C\CC. The smallest absolute Gasteiger partial charge is 0.462 e. The Kier molecular flexibility index (Phi) is 49.3. The van der Waals surface area contributed by atoms with E-state index in [0.717, 1.165) is 96.3 Å². The molecule has 0 saturated heterocycles. The van der Waals surface area contributed by atoms with Crippen LogP contribution < -0.4 is 0 Å². The van der Waals surface area contributed by atoms with Crippen LogP contribution >= 0.6 is 7.82 Å². The number of rotatable bonds is 47. The predicted octanol–water partition coefficient (Wildman–Crippen LogP) is 15.6. The maximum Gasteiger partial charge on any atom is 0.472 e. The second-order valence-electron chi connectivity index (χ2n) is 17.0. The van der Waals surface area contributed by atoms with Crippen LogP contribution in [0.3, 0.4) is 0 Å². The maximum absolute atomic E-state index is 12.9. The molecule has 0 aromatic rings. The van der Waals surface area contributed by atoms with E-state index in [4.69, 9.17) is 23.3 Å². The van der Waals surface area contributed by atoms with Gasteiger partial charge in [-0.1, -0.05) is 199 Å². The van der Waals surface area contributed by atoms with Gasteiger partial charge in [-0.3, -0.25) is 23.4 Å². The standard InChI is InChI=1S/C60H93O11P/c1-4-7-10-13-16-19-22-25-28-31-34-37-40-43-46-49-58(62)67-53-57(71-60(64)51-48-45-42-39-36-33-30-27-24-21-18-15-12-9-6-3)55-69-72(65,66)68-54-56(52-61)70-59(63)50-47-44-41-38-35-32-29-26-23-20-17-14-11-8-5-2/h8-9,11-12,16-21,25-30,35-36,38-39,44-45,47-48,56-57,61H,4-7,10,13-15,22-24,31-34,37,40-43,46,49-55H2,1-3H3,(H,65,66)/b11-8-,12-9-,19-16-,20-17-,21-18-,28-25-,29-26-,30-27-,38-35-,39-36-,47-44-,48-45-. The molecule has 0 aliphatic rings. The van der Waals surface area contributed by atoms with Gasteiger partial charge in [0, 0.05) is 6.42 Å². The van der Waals surface area contributed by atoms with E-state index >= 15 is 0 Å². The first kappa shape index (κ1) is 67.4. The number of allylic oxidation sites excluding steroid dienone is 22. The number of esters is 3. The minimum absolute atomic E-state index is 0.0712. The molecular formula is C60H93O11P. The molecule has 0 aliphatic carbocycles. The molecule has 3 atom stereocenters. The zero-order chi connectivity index (χ0) is 52.7. The van der Waals surface area contributed by atoms with Crippen LogP contribution in [0.1, 0.15) is 175 Å². The fourth-order valence-corrected chi connectivity index (χ4v) is 7.08. The van der Waals surface area contributed by atoms with E-state index < -0.39 is 64.4 Å². The number of phosphoric ester groups is 1. The van der Waals surface area contributed by atoms with E-state index in [-0.39, 0.29) is 19.3 Å². The lowest BCUT2D eigenvalue weighted by Crippen LogP contribution is -2.30. The molecule has 0 aromatic carbocycles. The summed E-state index contributed by atoms with van der Waals surface area (Å²) in [5, 5.41) is 9.77. The van der Waals surface area contributed by atoms with Crippen LogP contribution in [-0.4, -0.2) is 66.5 Å². The predicted molar refractivity (Wildman–Crippen MR) is 297 cm³/mol. The topological polar surface area (TPSA) is 155 Å². The van der Waals surface area contributed by atoms with Crippen LogP contribution in [0, 0.1) is 0 Å². The Morgan fingerprint density at radius 1 is 0.417 bits per heavy atom. The van der Waals surface area contributed by atoms with Gasteiger partial charge >= 0.3 is 25.7 Å². The van der Waals surface area contributed by atoms with Crippen molar-refractivity contribution in [1.29, 1.82) is 0 Å². The summed E-state index contributed by atoms with van der Waals surface area (Å²) in [6.45, 7) is 4.11. The fourth-order valence-electron chi connectivity index (χ4n) is 6.30. The van der Waals surface area contributed by atoms with Gasteiger partial charge in [-0.25, -0.2) is 4.57 Å². The van der Waals surface area contributed by atoms with Gasteiger partial charge in [-0.15, -0.1) is 0 Å². The van der Waals surface area contributed by atoms with E-state index in [2.05, 4.69) is 118 Å². The molecule has 0 bridgehead atoms. The second-order valence-corrected chi connectivity index (χ2v) is 18.4. The third kappa shape index (κ3) is 50.3. The highest BCUT2D eigenvalue weighted by Gasteiger charge is 2.28. The van der Waals surface area contributed by atoms with Crippen molar-refractivity contribution in [3.63, 3.8) is 0 Å². The molecule has 72 heavy (non-hydrogen) atoms. The number of aliphatic hydroxyl groups excluding tert-OH is 1. The third-order valence-electron chi connectivity index (χ3n) is 10.3. The van der Waals surface area contributed by atoms with Crippen LogP contribution in [0.2, 0.25) is 0 Å². The van der Waals surface area contributed by atoms with E-state index in [1.807, 2.05) is 36.5 Å². The average Bonchev–Trinajstić information content (AvgIpc) is 3.37. The van der Waals surface area contributed by atoms with E-state index in [9.17, 15) is 28.9 Å². The molecule has 0 fully saturated rings. The first-order valence-corrected chi connectivity index (χ1v) is 28.2. The highest BCUT2D eigenvalue weighted by molar-refractivity contribution is 7.47. The van der Waals surface area contributed by atoms with E-state index in [1.54, 1.807) is 12.2 Å². The number of ether oxygens (including phenoxy) is 3. The monoisotopic (exact) mass is 1020 g/mol. The van der Waals surface area contributed by atoms with E-state index in [0.29, 0.717) is 19.3 Å². The van der Waals surface area contributed by atoms with Gasteiger partial charge in [0.15, 0.2) is 6.10 Å². The summed E-state index contributed by atoms with van der Waals surface area (Å²) >= 11 is 0. The molecule has 11 nitrogen and oxygen atoms in total. The van der Waals surface area contributed by atoms with Crippen LogP contribution in [0.4, 0.5) is 0 Å². The normalized spacial score (nSPS) is 14.6. The zero-order valence-electron chi connectivity index (χ0n) is 44.3. The molecule has 404 valence electrons. The summed E-state index contributed by atoms with van der Waals surface area (Å²) in [6, 6.07) is 0. The number of carbonyl (C=O) groups excluding carboxylic acids is 3. The minimum Gasteiger partial charge on any atom is -0.462 e. The number of hydrogen-bond donors (Lipinski definition) is 2. The lowest BCUT2D eigenvalue weighted by Gasteiger charge is -2.21. The van der Waals surface area contributed by atoms with Crippen molar-refractivity contribution in [1.82, 2.24) is 0 Å². The van der Waals surface area contributed by atoms with Gasteiger partial charge in [0.25, 0.3) is 0 Å². The Bertz CT molecular complexity index is 1760. The van der Waals surface area contributed by atoms with Crippen molar-refractivity contribution in [3.05, 3.63) is 146 Å². The molecular weight excluding hydrogens is 928 g/mol. The van der Waals surface area contributed by atoms with Crippen LogP contribution in [0.25, 0.3) is 0 Å². The van der Waals surface area contributed by atoms with Gasteiger partial charge in [0.2, 0.25) is 0 Å². The summed E-state index contributed by atoms with van der Waals surface area (Å²) in [4.78, 5) is 48.3. The molecule has 2 N–H and O–H groups in total. The first-order chi connectivity index (χ1) is 35.2. The Hall–Kier alpha value is -4.64. The molecule has 3 unspecified atom stereocenters. The van der Waals surface area contributed by atoms with Crippen molar-refractivity contribution in [3.8, 4) is 0 Å². The third-order valence-corrected chi connectivity index (χ3v) is 11.2. The van der Waals surface area contributed by atoms with Crippen molar-refractivity contribution >= 4 is 25.7 Å². The Labute approximate surface area is 435 Å². The van der Waals surface area contributed by atoms with Gasteiger partial charge in [0.1, 0.15) is 12.7 Å². The summed E-state index contributed by atoms with van der Waals surface area (Å²) in [5.74, 6) is -1.79. The molecule has 0 rings (SSSR count). The van der Waals surface area contributed by atoms with E-state index in [1.165, 1.54) is 19.3 Å². The molecule has 0 aliphatic heterocycles. The maximum atomic E-state index is 12.9. The number of hydrogen-bond acceptors (Lipinski definition) is 10. The summed E-state index contributed by atoms with van der Waals surface area (Å²) < 4.78 is 39.1. The molecule has 0 heterocycles. The molecule has 0 spiro atoms. The molecule has 0 radical (unpaired) electrons. The van der Waals surface area contributed by atoms with Crippen molar-refractivity contribution in [2.75, 3.05) is 26.4 Å². The Balaban J connectivity index is 4.98. The largest absolute Gasteiger partial charge is 0.472 e. The Morgan fingerprint density at radius 2 is 0.764 bits per heavy atom. The van der Waals surface area contributed by atoms with Crippen molar-refractivity contribution in [2.45, 2.75) is 187 Å².